The second-order valence-corrected chi connectivity index (χ2v) is 19.7. The van der Waals surface area contributed by atoms with E-state index in [1.807, 2.05) is 66.9 Å². The third-order valence-electron chi connectivity index (χ3n) is 12.1. The van der Waals surface area contributed by atoms with Gasteiger partial charge in [-0.3, -0.25) is 28.7 Å². The zero-order chi connectivity index (χ0) is 49.5. The molecule has 19 nitrogen and oxygen atoms in total. The molecule has 2 aromatic carbocycles. The van der Waals surface area contributed by atoms with E-state index < -0.39 is 36.0 Å². The molecule has 4 amide bonds. The summed E-state index contributed by atoms with van der Waals surface area (Å²) in [6, 6.07) is 13.0. The highest BCUT2D eigenvalue weighted by molar-refractivity contribution is 7.15. The summed E-state index contributed by atoms with van der Waals surface area (Å²) in [6.45, 7) is 11.3. The van der Waals surface area contributed by atoms with Gasteiger partial charge in [0, 0.05) is 53.5 Å². The molecule has 4 atom stereocenters. The number of ether oxygens (including phenoxy) is 2. The van der Waals surface area contributed by atoms with Gasteiger partial charge in [-0.25, -0.2) is 9.67 Å². The van der Waals surface area contributed by atoms with Crippen LogP contribution in [-0.4, -0.2) is 125 Å². The highest BCUT2D eigenvalue weighted by Gasteiger charge is 2.40. The molecular formula is C48H55ClN12O7S2. The van der Waals surface area contributed by atoms with Gasteiger partial charge in [0.25, 0.3) is 0 Å². The van der Waals surface area contributed by atoms with Crippen molar-refractivity contribution in [2.45, 2.75) is 97.8 Å². The molecule has 4 N–H and O–H groups in total. The van der Waals surface area contributed by atoms with Crippen molar-refractivity contribution in [1.29, 1.82) is 0 Å². The zero-order valence-corrected chi connectivity index (χ0v) is 41.9. The Morgan fingerprint density at radius 3 is 2.46 bits per heavy atom. The molecule has 22 heteroatoms. The summed E-state index contributed by atoms with van der Waals surface area (Å²) in [5, 5.41) is 37.6. The summed E-state index contributed by atoms with van der Waals surface area (Å²) >= 11 is 9.45. The molecule has 1 fully saturated rings. The van der Waals surface area contributed by atoms with Crippen LogP contribution in [0, 0.1) is 27.7 Å². The summed E-state index contributed by atoms with van der Waals surface area (Å²) in [7, 11) is 0. The van der Waals surface area contributed by atoms with Crippen LogP contribution < -0.4 is 16.0 Å². The van der Waals surface area contributed by atoms with E-state index in [0.717, 1.165) is 59.8 Å². The van der Waals surface area contributed by atoms with Crippen molar-refractivity contribution in [1.82, 2.24) is 55.6 Å². The van der Waals surface area contributed by atoms with Gasteiger partial charge in [0.2, 0.25) is 23.6 Å². The summed E-state index contributed by atoms with van der Waals surface area (Å²) in [5.74, 6) is -0.120. The number of aliphatic hydroxyl groups is 1. The van der Waals surface area contributed by atoms with Crippen molar-refractivity contribution in [3.63, 3.8) is 0 Å². The Morgan fingerprint density at radius 1 is 0.929 bits per heavy atom. The van der Waals surface area contributed by atoms with Crippen LogP contribution >= 0.6 is 34.3 Å². The Bertz CT molecular complexity index is 2860. The lowest BCUT2D eigenvalue weighted by Gasteiger charge is -2.27. The number of carbonyl (C=O) groups excluding carboxylic acids is 4. The molecular weight excluding hydrogens is 956 g/mol. The fraction of sp³-hybridized carbons (Fsp3) is 0.417. The summed E-state index contributed by atoms with van der Waals surface area (Å²) < 4.78 is 15.1. The molecule has 0 bridgehead atoms. The van der Waals surface area contributed by atoms with Gasteiger partial charge < -0.3 is 35.4 Å². The second-order valence-electron chi connectivity index (χ2n) is 17.2. The number of hydrogen-bond acceptors (Lipinski definition) is 15. The van der Waals surface area contributed by atoms with Crippen molar-refractivity contribution in [2.75, 3.05) is 32.9 Å². The van der Waals surface area contributed by atoms with Crippen molar-refractivity contribution < 1.29 is 33.8 Å². The maximum Gasteiger partial charge on any atom is 0.245 e. The number of rotatable bonds is 20. The first kappa shape index (κ1) is 50.2. The zero-order valence-electron chi connectivity index (χ0n) is 39.5. The van der Waals surface area contributed by atoms with Crippen LogP contribution in [0.1, 0.15) is 82.4 Å². The number of carbonyl (C=O) groups is 4. The number of likely N-dealkylation sites (tertiary alicyclic amines) is 1. The van der Waals surface area contributed by atoms with Gasteiger partial charge in [-0.1, -0.05) is 53.2 Å². The van der Waals surface area contributed by atoms with E-state index in [0.29, 0.717) is 29.7 Å². The summed E-state index contributed by atoms with van der Waals surface area (Å²) in [5.41, 5.74) is 9.05. The monoisotopic (exact) mass is 1010 g/mol. The van der Waals surface area contributed by atoms with E-state index in [1.54, 1.807) is 46.0 Å². The lowest BCUT2D eigenvalue weighted by molar-refractivity contribution is -0.141. The fourth-order valence-electron chi connectivity index (χ4n) is 8.35. The SMILES string of the molecule is Cc1ncsc1-c1ccc(CNC(=O)[C@@H]2C[C@@H](O)CN2C(=O)[C@H](C)NC(=O)CCOCc2cn(CCOCCNC(=O)C[C@@H]3N=C(c4ccc(Cl)cc4)c4c(sc(C)c4C)-n4c(C)nnc43)nn2)cc1. The molecule has 2 aliphatic heterocycles. The van der Waals surface area contributed by atoms with Crippen LogP contribution in [0.5, 0.6) is 0 Å². The fourth-order valence-corrected chi connectivity index (χ4v) is 10.5. The number of fused-ring (bicyclic) bond motifs is 3. The van der Waals surface area contributed by atoms with E-state index in [4.69, 9.17) is 26.1 Å². The quantitative estimate of drug-likeness (QED) is 0.0761. The number of hydrogen-bond donors (Lipinski definition) is 4. The van der Waals surface area contributed by atoms with Crippen LogP contribution in [0.25, 0.3) is 15.4 Å². The molecule has 0 radical (unpaired) electrons. The molecule has 6 aromatic rings. The third kappa shape index (κ3) is 11.8. The molecule has 0 saturated carbocycles. The maximum atomic E-state index is 13.4. The molecule has 0 spiro atoms. The summed E-state index contributed by atoms with van der Waals surface area (Å²) in [6.07, 6.45) is 1.01. The van der Waals surface area contributed by atoms with Gasteiger partial charge in [-0.15, -0.1) is 38.0 Å². The Morgan fingerprint density at radius 2 is 1.70 bits per heavy atom. The van der Waals surface area contributed by atoms with E-state index in [-0.39, 0.29) is 70.5 Å². The lowest BCUT2D eigenvalue weighted by atomic mass is 9.99. The van der Waals surface area contributed by atoms with Gasteiger partial charge in [0.15, 0.2) is 5.82 Å². The van der Waals surface area contributed by atoms with E-state index >= 15 is 0 Å². The number of benzene rings is 2. The largest absolute Gasteiger partial charge is 0.391 e. The maximum absolute atomic E-state index is 13.4. The number of aliphatic imine (C=N–C) groups is 1. The number of β-amino-alcohol motifs (C(OH)–C–C–N with tert-alkyl or cyclic N) is 1. The number of nitrogens with zero attached hydrogens (tertiary/aromatic N) is 9. The highest BCUT2D eigenvalue weighted by atomic mass is 35.5. The first-order valence-corrected chi connectivity index (χ1v) is 25.0. The Balaban J connectivity index is 0.718. The van der Waals surface area contributed by atoms with Crippen LogP contribution in [0.2, 0.25) is 5.02 Å². The average Bonchev–Trinajstić information content (AvgIpc) is 4.19. The molecule has 2 aliphatic rings. The van der Waals surface area contributed by atoms with E-state index in [2.05, 4.69) is 55.3 Å². The summed E-state index contributed by atoms with van der Waals surface area (Å²) in [4.78, 5) is 65.7. The van der Waals surface area contributed by atoms with Gasteiger partial charge in [-0.2, -0.15) is 0 Å². The highest BCUT2D eigenvalue weighted by Crippen LogP contribution is 2.39. The van der Waals surface area contributed by atoms with E-state index in [1.165, 1.54) is 4.90 Å². The Kier molecular flexibility index (Phi) is 16.3. The number of nitrogens with one attached hydrogen (secondary N) is 3. The van der Waals surface area contributed by atoms with Crippen LogP contribution in [0.15, 0.2) is 65.2 Å². The lowest BCUT2D eigenvalue weighted by Crippen LogP contribution is -2.52. The number of aromatic nitrogens is 7. The third-order valence-corrected chi connectivity index (χ3v) is 14.5. The van der Waals surface area contributed by atoms with Gasteiger partial charge in [-0.05, 0) is 63.4 Å². The standard InChI is InChI=1S/C48H55ClN12O7S2/c1-27-30(4)70-48-42(27)43(33-10-12-35(49)13-11-33)54-38(45-57-55-31(5)61(45)48)21-41(64)50-15-18-67-19-16-59-23-36(56-58-59)25-68-17-14-40(63)53-29(3)47(66)60-24-37(62)20-39(60)46(65)51-22-32-6-8-34(9-7-32)44-28(2)52-26-69-44/h6-13,23,26,29,37-39,62H,14-22,24-25H2,1-5H3,(H,50,64)(H,51,65)(H,53,63)/t29-,37+,38-,39-/m0/s1. The Labute approximate surface area is 417 Å². The smallest absolute Gasteiger partial charge is 0.245 e. The predicted octanol–water partition coefficient (Wildman–Crippen LogP) is 4.74. The number of thiazole rings is 1. The number of aryl methyl sites for hydroxylation is 3. The molecule has 0 aliphatic carbocycles. The average molecular weight is 1010 g/mol. The Hall–Kier alpha value is -6.23. The normalized spacial score (nSPS) is 16.8. The minimum atomic E-state index is -0.928. The first-order valence-electron chi connectivity index (χ1n) is 23.0. The molecule has 0 unspecified atom stereocenters. The minimum absolute atomic E-state index is 0.0111. The van der Waals surface area contributed by atoms with Crippen LogP contribution in [0.4, 0.5) is 0 Å². The van der Waals surface area contributed by atoms with Crippen molar-refractivity contribution >= 4 is 63.6 Å². The molecule has 4 aromatic heterocycles. The van der Waals surface area contributed by atoms with Crippen LogP contribution in [-0.2, 0) is 48.3 Å². The minimum Gasteiger partial charge on any atom is -0.391 e. The number of aliphatic hydroxyl groups excluding tert-OH is 1. The van der Waals surface area contributed by atoms with Crippen molar-refractivity contribution in [3.05, 3.63) is 115 Å². The van der Waals surface area contributed by atoms with Gasteiger partial charge in [0.05, 0.1) is 73.5 Å². The molecule has 70 heavy (non-hydrogen) atoms. The van der Waals surface area contributed by atoms with Crippen molar-refractivity contribution in [2.24, 2.45) is 4.99 Å². The second kappa shape index (κ2) is 22.7. The number of thiophene rings is 1. The molecule has 8 rings (SSSR count). The first-order chi connectivity index (χ1) is 33.7. The number of amides is 4. The van der Waals surface area contributed by atoms with E-state index in [9.17, 15) is 24.3 Å². The van der Waals surface area contributed by atoms with Crippen molar-refractivity contribution in [3.8, 4) is 15.4 Å². The molecule has 1 saturated heterocycles. The van der Waals surface area contributed by atoms with Gasteiger partial charge >= 0.3 is 0 Å². The predicted molar refractivity (Wildman–Crippen MR) is 264 cm³/mol. The van der Waals surface area contributed by atoms with Gasteiger partial charge in [0.1, 0.15) is 34.6 Å². The molecule has 368 valence electrons. The topological polar surface area (TPSA) is 233 Å². The number of halogens is 1. The van der Waals surface area contributed by atoms with Crippen LogP contribution in [0.3, 0.4) is 0 Å². The molecule has 6 heterocycles.